The first kappa shape index (κ1) is 17.5. The second-order valence-corrected chi connectivity index (χ2v) is 5.46. The molecule has 1 rings (SSSR count). The van der Waals surface area contributed by atoms with Gasteiger partial charge in [0.15, 0.2) is 0 Å². The molecule has 3 N–H and O–H groups in total. The first-order valence-electron chi connectivity index (χ1n) is 7.92. The lowest BCUT2D eigenvalue weighted by Crippen LogP contribution is -2.43. The van der Waals surface area contributed by atoms with E-state index in [9.17, 15) is 9.90 Å². The maximum Gasteiger partial charge on any atom is 0.315 e. The zero-order chi connectivity index (χ0) is 15.5. The van der Waals surface area contributed by atoms with Crippen LogP contribution < -0.4 is 10.6 Å². The van der Waals surface area contributed by atoms with Crippen LogP contribution in [-0.4, -0.2) is 23.7 Å². The lowest BCUT2D eigenvalue weighted by atomic mass is 10.0. The van der Waals surface area contributed by atoms with E-state index < -0.39 is 6.10 Å². The molecule has 0 aromatic heterocycles. The Kier molecular flexibility index (Phi) is 8.51. The van der Waals surface area contributed by atoms with Crippen molar-refractivity contribution in [3.05, 3.63) is 35.9 Å². The number of hydrogen-bond donors (Lipinski definition) is 3. The third-order valence-electron chi connectivity index (χ3n) is 3.54. The van der Waals surface area contributed by atoms with Crippen molar-refractivity contribution < 1.29 is 9.90 Å². The van der Waals surface area contributed by atoms with Gasteiger partial charge < -0.3 is 15.7 Å². The summed E-state index contributed by atoms with van der Waals surface area (Å²) in [5.74, 6) is 0. The molecule has 118 valence electrons. The molecule has 2 unspecified atom stereocenters. The van der Waals surface area contributed by atoms with Crippen LogP contribution in [0.15, 0.2) is 30.3 Å². The number of urea groups is 1. The van der Waals surface area contributed by atoms with E-state index in [1.165, 1.54) is 19.3 Å². The van der Waals surface area contributed by atoms with Gasteiger partial charge in [-0.15, -0.1) is 0 Å². The Balaban J connectivity index is 2.21. The van der Waals surface area contributed by atoms with Gasteiger partial charge in [-0.05, 0) is 18.9 Å². The van der Waals surface area contributed by atoms with E-state index in [1.54, 1.807) is 6.92 Å². The van der Waals surface area contributed by atoms with Crippen molar-refractivity contribution in [3.63, 3.8) is 0 Å². The number of rotatable bonds is 9. The molecule has 0 fully saturated rings. The molecule has 0 aliphatic rings. The highest BCUT2D eigenvalue weighted by Crippen LogP contribution is 2.15. The molecule has 1 aromatic rings. The van der Waals surface area contributed by atoms with Crippen LogP contribution in [0.2, 0.25) is 0 Å². The van der Waals surface area contributed by atoms with Crippen LogP contribution in [0.3, 0.4) is 0 Å². The number of carbonyl (C=O) groups is 1. The van der Waals surface area contributed by atoms with E-state index in [-0.39, 0.29) is 12.1 Å². The molecule has 1 aromatic carbocycles. The highest BCUT2D eigenvalue weighted by molar-refractivity contribution is 5.74. The molecule has 0 radical (unpaired) electrons. The Hall–Kier alpha value is -1.55. The highest BCUT2D eigenvalue weighted by atomic mass is 16.3. The van der Waals surface area contributed by atoms with Gasteiger partial charge >= 0.3 is 6.03 Å². The van der Waals surface area contributed by atoms with Crippen molar-refractivity contribution in [2.75, 3.05) is 6.54 Å². The molecule has 2 amide bonds. The van der Waals surface area contributed by atoms with Crippen LogP contribution in [0, 0.1) is 0 Å². The Bertz CT molecular complexity index is 395. The standard InChI is InChI=1S/C17H28N2O2/c1-3-4-5-6-10-13-18-17(21)19-14(2)16(20)15-11-8-7-9-12-15/h7-9,11-12,14,16,20H,3-6,10,13H2,1-2H3,(H2,18,19,21). The monoisotopic (exact) mass is 292 g/mol. The maximum absolute atomic E-state index is 11.7. The minimum Gasteiger partial charge on any atom is -0.386 e. The molecule has 0 aliphatic carbocycles. The van der Waals surface area contributed by atoms with Crippen LogP contribution >= 0.6 is 0 Å². The molecular formula is C17H28N2O2. The lowest BCUT2D eigenvalue weighted by molar-refractivity contribution is 0.137. The minimum absolute atomic E-state index is 0.215. The van der Waals surface area contributed by atoms with Gasteiger partial charge in [0, 0.05) is 6.54 Å². The molecule has 2 atom stereocenters. The van der Waals surface area contributed by atoms with Gasteiger partial charge in [-0.25, -0.2) is 4.79 Å². The first-order valence-corrected chi connectivity index (χ1v) is 7.92. The Morgan fingerprint density at radius 2 is 1.81 bits per heavy atom. The first-order chi connectivity index (χ1) is 10.1. The molecular weight excluding hydrogens is 264 g/mol. The smallest absolute Gasteiger partial charge is 0.315 e. The van der Waals surface area contributed by atoms with E-state index >= 15 is 0 Å². The molecule has 0 bridgehead atoms. The average molecular weight is 292 g/mol. The van der Waals surface area contributed by atoms with E-state index in [4.69, 9.17) is 0 Å². The predicted octanol–water partition coefficient (Wildman–Crippen LogP) is 3.38. The molecule has 4 heteroatoms. The fourth-order valence-corrected chi connectivity index (χ4v) is 2.21. The lowest BCUT2D eigenvalue weighted by Gasteiger charge is -2.20. The number of aliphatic hydroxyl groups excluding tert-OH is 1. The number of unbranched alkanes of at least 4 members (excludes halogenated alkanes) is 4. The van der Waals surface area contributed by atoms with Crippen LogP contribution in [0.4, 0.5) is 4.79 Å². The summed E-state index contributed by atoms with van der Waals surface area (Å²) in [5.41, 5.74) is 0.810. The predicted molar refractivity (Wildman–Crippen MR) is 86.2 cm³/mol. The third kappa shape index (κ3) is 7.14. The summed E-state index contributed by atoms with van der Waals surface area (Å²) in [6.07, 6.45) is 5.17. The van der Waals surface area contributed by atoms with Gasteiger partial charge in [-0.2, -0.15) is 0 Å². The number of nitrogens with one attached hydrogen (secondary N) is 2. The number of carbonyl (C=O) groups excluding carboxylic acids is 1. The SMILES string of the molecule is CCCCCCCNC(=O)NC(C)C(O)c1ccccc1. The summed E-state index contributed by atoms with van der Waals surface area (Å²) in [7, 11) is 0. The summed E-state index contributed by atoms with van der Waals surface area (Å²) in [5, 5.41) is 15.8. The molecule has 0 heterocycles. The van der Waals surface area contributed by atoms with E-state index in [2.05, 4.69) is 17.6 Å². The molecule has 0 saturated heterocycles. The second kappa shape index (κ2) is 10.2. The molecule has 21 heavy (non-hydrogen) atoms. The number of aliphatic hydroxyl groups is 1. The molecule has 0 aliphatic heterocycles. The summed E-state index contributed by atoms with van der Waals surface area (Å²) in [6, 6.07) is 8.83. The zero-order valence-electron chi connectivity index (χ0n) is 13.1. The van der Waals surface area contributed by atoms with Gasteiger partial charge in [0.1, 0.15) is 0 Å². The van der Waals surface area contributed by atoms with Crippen molar-refractivity contribution in [3.8, 4) is 0 Å². The number of hydrogen-bond acceptors (Lipinski definition) is 2. The fourth-order valence-electron chi connectivity index (χ4n) is 2.21. The Labute approximate surface area is 128 Å². The Morgan fingerprint density at radius 3 is 2.48 bits per heavy atom. The van der Waals surface area contributed by atoms with Crippen molar-refractivity contribution in [2.45, 2.75) is 58.1 Å². The van der Waals surface area contributed by atoms with Crippen LogP contribution in [0.1, 0.15) is 57.6 Å². The molecule has 0 spiro atoms. The van der Waals surface area contributed by atoms with E-state index in [1.807, 2.05) is 30.3 Å². The van der Waals surface area contributed by atoms with Crippen molar-refractivity contribution >= 4 is 6.03 Å². The second-order valence-electron chi connectivity index (χ2n) is 5.46. The fraction of sp³-hybridized carbons (Fsp3) is 0.588. The maximum atomic E-state index is 11.7. The van der Waals surface area contributed by atoms with Crippen molar-refractivity contribution in [2.24, 2.45) is 0 Å². The number of amides is 2. The molecule has 4 nitrogen and oxygen atoms in total. The van der Waals surface area contributed by atoms with Crippen molar-refractivity contribution in [1.29, 1.82) is 0 Å². The quantitative estimate of drug-likeness (QED) is 0.611. The van der Waals surface area contributed by atoms with Crippen LogP contribution in [0.5, 0.6) is 0 Å². The summed E-state index contributed by atoms with van der Waals surface area (Å²) >= 11 is 0. The largest absolute Gasteiger partial charge is 0.386 e. The highest BCUT2D eigenvalue weighted by Gasteiger charge is 2.17. The van der Waals surface area contributed by atoms with Gasteiger partial charge in [0.2, 0.25) is 0 Å². The van der Waals surface area contributed by atoms with Gasteiger partial charge in [-0.3, -0.25) is 0 Å². The topological polar surface area (TPSA) is 61.4 Å². The summed E-state index contributed by atoms with van der Waals surface area (Å²) in [4.78, 5) is 11.7. The third-order valence-corrected chi connectivity index (χ3v) is 3.54. The van der Waals surface area contributed by atoms with Gasteiger partial charge in [-0.1, -0.05) is 62.9 Å². The van der Waals surface area contributed by atoms with Gasteiger partial charge in [0.25, 0.3) is 0 Å². The average Bonchev–Trinajstić information content (AvgIpc) is 2.50. The van der Waals surface area contributed by atoms with E-state index in [0.29, 0.717) is 6.54 Å². The van der Waals surface area contributed by atoms with Crippen LogP contribution in [-0.2, 0) is 0 Å². The van der Waals surface area contributed by atoms with Crippen molar-refractivity contribution in [1.82, 2.24) is 10.6 Å². The normalized spacial score (nSPS) is 13.5. The van der Waals surface area contributed by atoms with Gasteiger partial charge in [0.05, 0.1) is 12.1 Å². The minimum atomic E-state index is -0.693. The molecule has 0 saturated carbocycles. The number of benzene rings is 1. The zero-order valence-corrected chi connectivity index (χ0v) is 13.1. The Morgan fingerprint density at radius 1 is 1.14 bits per heavy atom. The summed E-state index contributed by atoms with van der Waals surface area (Å²) < 4.78 is 0. The summed E-state index contributed by atoms with van der Waals surface area (Å²) in [6.45, 7) is 4.67. The van der Waals surface area contributed by atoms with Crippen LogP contribution in [0.25, 0.3) is 0 Å². The van der Waals surface area contributed by atoms with E-state index in [0.717, 1.165) is 18.4 Å².